The molecule has 0 heterocycles. The Bertz CT molecular complexity index is 772. The lowest BCUT2D eigenvalue weighted by molar-refractivity contribution is -0.119. The first-order chi connectivity index (χ1) is 13.1. The average Bonchev–Trinajstić information content (AvgIpc) is 2.67. The van der Waals surface area contributed by atoms with Gasteiger partial charge in [0.05, 0.1) is 13.1 Å². The Labute approximate surface area is 181 Å². The molecule has 2 aromatic carbocycles. The Kier molecular flexibility index (Phi) is 11.1. The fraction of sp³-hybridized carbons (Fsp3) is 0.300. The summed E-state index contributed by atoms with van der Waals surface area (Å²) in [5.41, 5.74) is 1.30. The Balaban J connectivity index is 0.00000392. The molecule has 0 aliphatic carbocycles. The van der Waals surface area contributed by atoms with Crippen molar-refractivity contribution in [3.05, 3.63) is 71.3 Å². The minimum Gasteiger partial charge on any atom is -0.357 e. The molecule has 0 atom stereocenters. The molecule has 1 amide bonds. The van der Waals surface area contributed by atoms with Gasteiger partial charge in [-0.25, -0.2) is 13.8 Å². The molecule has 0 aliphatic rings. The number of nitrogens with one attached hydrogen (secondary N) is 3. The third-order valence-electron chi connectivity index (χ3n) is 3.75. The van der Waals surface area contributed by atoms with Gasteiger partial charge in [0.1, 0.15) is 11.6 Å². The number of amides is 1. The van der Waals surface area contributed by atoms with E-state index in [0.29, 0.717) is 19.0 Å². The van der Waals surface area contributed by atoms with Crippen molar-refractivity contribution >= 4 is 35.8 Å². The molecule has 8 heteroatoms. The third-order valence-corrected chi connectivity index (χ3v) is 3.75. The fourth-order valence-electron chi connectivity index (χ4n) is 2.39. The maximum Gasteiger partial charge on any atom is 0.239 e. The molecule has 0 spiro atoms. The summed E-state index contributed by atoms with van der Waals surface area (Å²) in [5.74, 6) is -0.847. The third kappa shape index (κ3) is 8.64. The molecule has 0 bridgehead atoms. The molecule has 28 heavy (non-hydrogen) atoms. The summed E-state index contributed by atoms with van der Waals surface area (Å²) in [6.45, 7) is 2.99. The fourth-order valence-corrected chi connectivity index (χ4v) is 2.39. The Morgan fingerprint density at radius 1 is 1.04 bits per heavy atom. The number of carbonyl (C=O) groups excluding carboxylic acids is 1. The normalized spacial score (nSPS) is 10.8. The highest BCUT2D eigenvalue weighted by Crippen LogP contribution is 2.10. The lowest BCUT2D eigenvalue weighted by Gasteiger charge is -2.12. The van der Waals surface area contributed by atoms with E-state index in [1.54, 1.807) is 0 Å². The monoisotopic (exact) mass is 502 g/mol. The van der Waals surface area contributed by atoms with Gasteiger partial charge in [-0.1, -0.05) is 30.3 Å². The topological polar surface area (TPSA) is 65.5 Å². The predicted molar refractivity (Wildman–Crippen MR) is 118 cm³/mol. The number of nitrogens with zero attached hydrogens (tertiary/aromatic N) is 1. The van der Waals surface area contributed by atoms with Crippen LogP contribution < -0.4 is 16.0 Å². The number of carbonyl (C=O) groups is 1. The van der Waals surface area contributed by atoms with Gasteiger partial charge in [0, 0.05) is 18.7 Å². The van der Waals surface area contributed by atoms with Gasteiger partial charge in [0.15, 0.2) is 5.96 Å². The maximum absolute atomic E-state index is 13.7. The molecule has 0 fully saturated rings. The van der Waals surface area contributed by atoms with E-state index in [4.69, 9.17) is 0 Å². The molecule has 2 aromatic rings. The standard InChI is InChI=1S/C20H24F2N4O.HI/c1-2-23-20(25-13-16-12-17(21)8-9-18(16)22)26-14-19(27)24-11-10-15-6-4-3-5-7-15;/h3-9,12H,2,10-11,13-14H2,1H3,(H,24,27)(H2,23,25,26);1H. The maximum atomic E-state index is 13.7. The van der Waals surface area contributed by atoms with Crippen LogP contribution in [0, 0.1) is 11.6 Å². The van der Waals surface area contributed by atoms with Gasteiger partial charge < -0.3 is 16.0 Å². The number of rotatable bonds is 8. The molecule has 0 aromatic heterocycles. The zero-order valence-corrected chi connectivity index (χ0v) is 18.0. The van der Waals surface area contributed by atoms with Crippen LogP contribution in [0.3, 0.4) is 0 Å². The van der Waals surface area contributed by atoms with Crippen LogP contribution in [0.4, 0.5) is 8.78 Å². The van der Waals surface area contributed by atoms with Crippen molar-refractivity contribution in [2.75, 3.05) is 19.6 Å². The highest BCUT2D eigenvalue weighted by molar-refractivity contribution is 14.0. The smallest absolute Gasteiger partial charge is 0.239 e. The van der Waals surface area contributed by atoms with Crippen molar-refractivity contribution in [3.8, 4) is 0 Å². The largest absolute Gasteiger partial charge is 0.357 e. The minimum absolute atomic E-state index is 0. The summed E-state index contributed by atoms with van der Waals surface area (Å²) in [4.78, 5) is 16.1. The lowest BCUT2D eigenvalue weighted by atomic mass is 10.1. The van der Waals surface area contributed by atoms with E-state index in [1.165, 1.54) is 0 Å². The summed E-state index contributed by atoms with van der Waals surface area (Å²) in [7, 11) is 0. The summed E-state index contributed by atoms with van der Waals surface area (Å²) >= 11 is 0. The van der Waals surface area contributed by atoms with Crippen LogP contribution >= 0.6 is 24.0 Å². The Hall–Kier alpha value is -2.23. The van der Waals surface area contributed by atoms with Crippen LogP contribution in [0.1, 0.15) is 18.1 Å². The molecule has 2 rings (SSSR count). The van der Waals surface area contributed by atoms with E-state index < -0.39 is 11.6 Å². The summed E-state index contributed by atoms with van der Waals surface area (Å²) in [5, 5.41) is 8.68. The van der Waals surface area contributed by atoms with Gasteiger partial charge >= 0.3 is 0 Å². The number of hydrogen-bond acceptors (Lipinski definition) is 2. The Morgan fingerprint density at radius 3 is 2.50 bits per heavy atom. The first-order valence-corrected chi connectivity index (χ1v) is 8.85. The van der Waals surface area contributed by atoms with Crippen molar-refractivity contribution in [1.29, 1.82) is 0 Å². The van der Waals surface area contributed by atoms with Crippen LogP contribution in [0.2, 0.25) is 0 Å². The van der Waals surface area contributed by atoms with Crippen molar-refractivity contribution in [2.45, 2.75) is 19.9 Å². The highest BCUT2D eigenvalue weighted by atomic mass is 127. The van der Waals surface area contributed by atoms with Gasteiger partial charge in [0.2, 0.25) is 5.91 Å². The van der Waals surface area contributed by atoms with Crippen LogP contribution in [0.25, 0.3) is 0 Å². The minimum atomic E-state index is -0.519. The SMILES string of the molecule is CCNC(=NCc1cc(F)ccc1F)NCC(=O)NCCc1ccccc1.I. The van der Waals surface area contributed by atoms with E-state index in [1.807, 2.05) is 37.3 Å². The summed E-state index contributed by atoms with van der Waals surface area (Å²) in [6, 6.07) is 13.1. The predicted octanol–water partition coefficient (Wildman–Crippen LogP) is 3.00. The van der Waals surface area contributed by atoms with Crippen LogP contribution in [-0.4, -0.2) is 31.5 Å². The first-order valence-electron chi connectivity index (χ1n) is 8.85. The van der Waals surface area contributed by atoms with Crippen molar-refractivity contribution in [3.63, 3.8) is 0 Å². The van der Waals surface area contributed by atoms with Crippen LogP contribution in [0.15, 0.2) is 53.5 Å². The molecule has 0 saturated heterocycles. The Morgan fingerprint density at radius 2 is 1.79 bits per heavy atom. The van der Waals surface area contributed by atoms with Gasteiger partial charge in [0.25, 0.3) is 0 Å². The van der Waals surface area contributed by atoms with E-state index in [-0.39, 0.29) is 48.5 Å². The van der Waals surface area contributed by atoms with Gasteiger partial charge in [-0.3, -0.25) is 4.79 Å². The second-order valence-corrected chi connectivity index (χ2v) is 5.87. The van der Waals surface area contributed by atoms with E-state index in [2.05, 4.69) is 20.9 Å². The molecule has 0 saturated carbocycles. The van der Waals surface area contributed by atoms with E-state index >= 15 is 0 Å². The number of benzene rings is 2. The molecular weight excluding hydrogens is 477 g/mol. The molecule has 0 radical (unpaired) electrons. The van der Waals surface area contributed by atoms with Gasteiger partial charge in [-0.15, -0.1) is 24.0 Å². The van der Waals surface area contributed by atoms with E-state index in [9.17, 15) is 13.6 Å². The molecule has 0 unspecified atom stereocenters. The highest BCUT2D eigenvalue weighted by Gasteiger charge is 2.06. The van der Waals surface area contributed by atoms with Crippen LogP contribution in [-0.2, 0) is 17.8 Å². The van der Waals surface area contributed by atoms with Crippen molar-refractivity contribution < 1.29 is 13.6 Å². The van der Waals surface area contributed by atoms with Crippen LogP contribution in [0.5, 0.6) is 0 Å². The second kappa shape index (κ2) is 13.0. The number of aliphatic imine (C=N–C) groups is 1. The van der Waals surface area contributed by atoms with E-state index in [0.717, 1.165) is 30.2 Å². The van der Waals surface area contributed by atoms with Crippen molar-refractivity contribution in [1.82, 2.24) is 16.0 Å². The van der Waals surface area contributed by atoms with Gasteiger partial charge in [-0.05, 0) is 37.1 Å². The average molecular weight is 502 g/mol. The molecule has 0 aliphatic heterocycles. The summed E-state index contributed by atoms with van der Waals surface area (Å²) < 4.78 is 26.9. The molecule has 152 valence electrons. The number of hydrogen-bond donors (Lipinski definition) is 3. The summed E-state index contributed by atoms with van der Waals surface area (Å²) in [6.07, 6.45) is 0.750. The van der Waals surface area contributed by atoms with Gasteiger partial charge in [-0.2, -0.15) is 0 Å². The zero-order chi connectivity index (χ0) is 19.5. The van der Waals surface area contributed by atoms with Crippen molar-refractivity contribution in [2.24, 2.45) is 4.99 Å². The number of halogens is 3. The molecular formula is C20H25F2IN4O. The molecule has 3 N–H and O–H groups in total. The lowest BCUT2D eigenvalue weighted by Crippen LogP contribution is -2.43. The molecule has 5 nitrogen and oxygen atoms in total. The number of guanidine groups is 1. The quantitative estimate of drug-likeness (QED) is 0.296. The zero-order valence-electron chi connectivity index (χ0n) is 15.7. The second-order valence-electron chi connectivity index (χ2n) is 5.87. The first kappa shape index (κ1) is 23.8.